The molecule has 0 aliphatic rings. The third-order valence-corrected chi connectivity index (χ3v) is 24.4. The van der Waals surface area contributed by atoms with Crippen LogP contribution in [-0.4, -0.2) is 13.7 Å². The maximum absolute atomic E-state index is 2.44. The van der Waals surface area contributed by atoms with Gasteiger partial charge in [0.2, 0.25) is 0 Å². The molecule has 0 bridgehead atoms. The van der Waals surface area contributed by atoms with Gasteiger partial charge in [0.25, 0.3) is 0 Å². The van der Waals surface area contributed by atoms with Gasteiger partial charge in [0.05, 0.1) is 33.1 Å². The maximum Gasteiger partial charge on any atom is 0.0547 e. The summed E-state index contributed by atoms with van der Waals surface area (Å²) < 4.78 is 7.25. The molecule has 20 aromatic carbocycles. The molecule has 556 valence electrons. The Balaban J connectivity index is 0.548. The Hall–Kier alpha value is -15.8. The van der Waals surface area contributed by atoms with E-state index in [-0.39, 0.29) is 0 Å². The molecule has 0 aliphatic heterocycles. The molecule has 23 rings (SSSR count). The molecule has 0 saturated carbocycles. The highest BCUT2D eigenvalue weighted by Crippen LogP contribution is 2.46. The molecular weight excluding hydrogens is 1440 g/mol. The van der Waals surface area contributed by atoms with Crippen LogP contribution in [0, 0.1) is 0 Å². The quantitative estimate of drug-likeness (QED) is 0.102. The lowest BCUT2D eigenvalue weighted by molar-refractivity contribution is 1.18. The van der Waals surface area contributed by atoms with E-state index in [4.69, 9.17) is 0 Å². The van der Waals surface area contributed by atoms with E-state index in [0.29, 0.717) is 0 Å². The minimum absolute atomic E-state index is 1.07. The standard InChI is InChI=1S/C114H75N5/c1-4-20-76(21-5-1)79-36-52-93(53-37-79)116(94-56-40-81(41-57-94)87-50-68-113-107(73-87)104-33-17-19-35-110(104)119(113)98-63-45-78-23-11-13-25-85(78)71-98)95-58-42-82(43-59-95)88-48-64-105-108-74-89(51-69-111(108)117(114(105)75-88)91-28-8-3-9-29-91)100-66-65-99(101-30-14-15-31-102(100)101)83-46-60-96(61-47-83)115(90-26-6-2-7-27-90)92-54-38-80(39-55-92)86-49-67-112-106(72-86)103-32-16-18-34-109(103)118(112)97-62-44-77-22-10-12-24-84(77)70-97/h1-75H. The number of hydrogen-bond acceptors (Lipinski definition) is 2. The Bertz CT molecular complexity index is 7860. The van der Waals surface area contributed by atoms with Crippen LogP contribution in [0.3, 0.4) is 0 Å². The average molecular weight is 1510 g/mol. The van der Waals surface area contributed by atoms with Crippen molar-refractivity contribution in [2.45, 2.75) is 0 Å². The van der Waals surface area contributed by atoms with Crippen LogP contribution in [0.25, 0.3) is 182 Å². The third-order valence-electron chi connectivity index (χ3n) is 24.4. The number of hydrogen-bond donors (Lipinski definition) is 0. The molecule has 5 nitrogen and oxygen atoms in total. The zero-order chi connectivity index (χ0) is 78.4. The zero-order valence-corrected chi connectivity index (χ0v) is 65.0. The van der Waals surface area contributed by atoms with Crippen LogP contribution >= 0.6 is 0 Å². The smallest absolute Gasteiger partial charge is 0.0547 e. The predicted octanol–water partition coefficient (Wildman–Crippen LogP) is 31.4. The number of nitrogens with zero attached hydrogens (tertiary/aromatic N) is 5. The van der Waals surface area contributed by atoms with E-state index in [1.165, 1.54) is 131 Å². The zero-order valence-electron chi connectivity index (χ0n) is 65.0. The largest absolute Gasteiger partial charge is 0.311 e. The van der Waals surface area contributed by atoms with Gasteiger partial charge in [0.1, 0.15) is 0 Å². The van der Waals surface area contributed by atoms with E-state index in [0.717, 1.165) is 84.5 Å². The Kier molecular flexibility index (Phi) is 16.5. The molecule has 23 aromatic rings. The number of anilines is 6. The van der Waals surface area contributed by atoms with Crippen molar-refractivity contribution in [1.29, 1.82) is 0 Å². The SMILES string of the molecule is c1ccc(-c2ccc(N(c3ccc(-c4ccc5c(c4)c4ccccc4n5-c4ccc5ccccc5c4)cc3)c3ccc(-c4ccc5c6cc(-c7ccc(-c8ccc(N(c9ccccc9)c9ccc(-c%10ccc%11c(c%10)c%10ccccc%10n%11-c%10ccc%11ccccc%11c%10)cc9)cc8)c8ccccc78)ccc6n(-c6ccccc6)c5c4)cc3)cc2)cc1. The Labute approximate surface area is 689 Å². The van der Waals surface area contributed by atoms with E-state index in [1.807, 2.05) is 0 Å². The summed E-state index contributed by atoms with van der Waals surface area (Å²) in [5, 5.41) is 14.7. The van der Waals surface area contributed by atoms with Crippen molar-refractivity contribution in [2.75, 3.05) is 9.80 Å². The van der Waals surface area contributed by atoms with E-state index < -0.39 is 0 Å². The molecule has 5 heteroatoms. The van der Waals surface area contributed by atoms with Crippen LogP contribution in [0.1, 0.15) is 0 Å². The van der Waals surface area contributed by atoms with E-state index >= 15 is 0 Å². The highest BCUT2D eigenvalue weighted by molar-refractivity contribution is 6.15. The Morgan fingerprint density at radius 1 is 0.134 bits per heavy atom. The van der Waals surface area contributed by atoms with Crippen LogP contribution in [0.4, 0.5) is 34.1 Å². The third kappa shape index (κ3) is 12.0. The summed E-state index contributed by atoms with van der Waals surface area (Å²) in [5.41, 5.74) is 31.0. The van der Waals surface area contributed by atoms with Gasteiger partial charge in [-0.1, -0.05) is 291 Å². The summed E-state index contributed by atoms with van der Waals surface area (Å²) in [5.74, 6) is 0. The van der Waals surface area contributed by atoms with Crippen LogP contribution in [-0.2, 0) is 0 Å². The molecule has 0 fully saturated rings. The van der Waals surface area contributed by atoms with Crippen LogP contribution in [0.2, 0.25) is 0 Å². The molecule has 0 saturated heterocycles. The van der Waals surface area contributed by atoms with Gasteiger partial charge in [0.15, 0.2) is 0 Å². The predicted molar refractivity (Wildman–Crippen MR) is 504 cm³/mol. The van der Waals surface area contributed by atoms with Crippen molar-refractivity contribution in [1.82, 2.24) is 13.7 Å². The topological polar surface area (TPSA) is 21.3 Å². The first-order chi connectivity index (χ1) is 59.0. The van der Waals surface area contributed by atoms with Crippen molar-refractivity contribution >= 4 is 132 Å². The van der Waals surface area contributed by atoms with Gasteiger partial charge < -0.3 is 23.5 Å². The lowest BCUT2D eigenvalue weighted by atomic mass is 9.91. The van der Waals surface area contributed by atoms with Crippen LogP contribution < -0.4 is 9.80 Å². The molecule has 0 aliphatic carbocycles. The lowest BCUT2D eigenvalue weighted by Gasteiger charge is -2.26. The van der Waals surface area contributed by atoms with E-state index in [1.54, 1.807) is 0 Å². The summed E-state index contributed by atoms with van der Waals surface area (Å²) >= 11 is 0. The fourth-order valence-corrected chi connectivity index (χ4v) is 18.6. The maximum atomic E-state index is 2.44. The normalized spacial score (nSPS) is 11.7. The van der Waals surface area contributed by atoms with Gasteiger partial charge in [-0.25, -0.2) is 0 Å². The van der Waals surface area contributed by atoms with Crippen molar-refractivity contribution in [3.05, 3.63) is 455 Å². The monoisotopic (exact) mass is 1510 g/mol. The highest BCUT2D eigenvalue weighted by atomic mass is 15.1. The Morgan fingerprint density at radius 3 is 0.891 bits per heavy atom. The number of aromatic nitrogens is 3. The number of para-hydroxylation sites is 4. The fourth-order valence-electron chi connectivity index (χ4n) is 18.6. The molecule has 0 amide bonds. The minimum atomic E-state index is 1.07. The molecule has 0 spiro atoms. The Morgan fingerprint density at radius 2 is 0.429 bits per heavy atom. The second-order valence-corrected chi connectivity index (χ2v) is 31.2. The summed E-state index contributed by atoms with van der Waals surface area (Å²) in [7, 11) is 0. The fraction of sp³-hybridized carbons (Fsp3) is 0. The molecule has 119 heavy (non-hydrogen) atoms. The van der Waals surface area contributed by atoms with E-state index in [9.17, 15) is 0 Å². The number of benzene rings is 20. The first-order valence-electron chi connectivity index (χ1n) is 40.9. The number of rotatable bonds is 15. The van der Waals surface area contributed by atoms with Crippen molar-refractivity contribution in [2.24, 2.45) is 0 Å². The van der Waals surface area contributed by atoms with E-state index in [2.05, 4.69) is 478 Å². The summed E-state index contributed by atoms with van der Waals surface area (Å²) in [6.07, 6.45) is 0. The first-order valence-corrected chi connectivity index (χ1v) is 40.9. The van der Waals surface area contributed by atoms with Crippen molar-refractivity contribution in [3.63, 3.8) is 0 Å². The van der Waals surface area contributed by atoms with Crippen molar-refractivity contribution < 1.29 is 0 Å². The molecule has 0 unspecified atom stereocenters. The van der Waals surface area contributed by atoms with Gasteiger partial charge in [-0.3, -0.25) is 0 Å². The highest BCUT2D eigenvalue weighted by Gasteiger charge is 2.23. The molecule has 3 aromatic heterocycles. The number of fused-ring (bicyclic) bond motifs is 12. The summed E-state index contributed by atoms with van der Waals surface area (Å²) in [6.45, 7) is 0. The van der Waals surface area contributed by atoms with Gasteiger partial charge >= 0.3 is 0 Å². The van der Waals surface area contributed by atoms with Gasteiger partial charge in [-0.05, 0) is 263 Å². The van der Waals surface area contributed by atoms with Crippen LogP contribution in [0.5, 0.6) is 0 Å². The second kappa shape index (κ2) is 28.6. The summed E-state index contributed by atoms with van der Waals surface area (Å²) in [6, 6.07) is 167. The first kappa shape index (κ1) is 68.7. The second-order valence-electron chi connectivity index (χ2n) is 31.2. The minimum Gasteiger partial charge on any atom is -0.311 e. The molecular formula is C114H75N5. The van der Waals surface area contributed by atoms with Gasteiger partial charge in [0, 0.05) is 83.5 Å². The molecule has 0 atom stereocenters. The molecule has 3 heterocycles. The lowest BCUT2D eigenvalue weighted by Crippen LogP contribution is -2.09. The van der Waals surface area contributed by atoms with Crippen LogP contribution in [0.15, 0.2) is 455 Å². The molecule has 0 N–H and O–H groups in total. The van der Waals surface area contributed by atoms with Crippen molar-refractivity contribution in [3.8, 4) is 83.8 Å². The molecule has 0 radical (unpaired) electrons. The summed E-state index contributed by atoms with van der Waals surface area (Å²) in [4.78, 5) is 4.73. The van der Waals surface area contributed by atoms with Gasteiger partial charge in [-0.15, -0.1) is 0 Å². The average Bonchev–Trinajstić information content (AvgIpc) is 1.61. The van der Waals surface area contributed by atoms with Gasteiger partial charge in [-0.2, -0.15) is 0 Å².